The van der Waals surface area contributed by atoms with Gasteiger partial charge in [-0.05, 0) is 78.4 Å². The molecule has 0 amide bonds. The Labute approximate surface area is 146 Å². The highest BCUT2D eigenvalue weighted by Crippen LogP contribution is 2.69. The topological polar surface area (TPSA) is 0 Å². The van der Waals surface area contributed by atoms with Crippen LogP contribution in [0.15, 0.2) is 0 Å². The first kappa shape index (κ1) is 17.8. The molecule has 3 aliphatic rings. The third-order valence-corrected chi connectivity index (χ3v) is 9.15. The van der Waals surface area contributed by atoms with E-state index in [0.717, 1.165) is 23.7 Å². The lowest BCUT2D eigenvalue weighted by Crippen LogP contribution is -2.59. The Bertz CT molecular complexity index is 422. The van der Waals surface area contributed by atoms with Crippen molar-refractivity contribution < 1.29 is 0 Å². The van der Waals surface area contributed by atoms with Gasteiger partial charge < -0.3 is 0 Å². The number of unbranched alkanes of at least 4 members (excludes halogenated alkanes) is 1. The van der Waals surface area contributed by atoms with Gasteiger partial charge in [0.25, 0.3) is 0 Å². The highest BCUT2D eigenvalue weighted by atomic mass is 14.7. The molecule has 0 spiro atoms. The molecule has 0 aromatic heterocycles. The van der Waals surface area contributed by atoms with E-state index >= 15 is 0 Å². The summed E-state index contributed by atoms with van der Waals surface area (Å²) in [5, 5.41) is 0. The van der Waals surface area contributed by atoms with Gasteiger partial charge in [0.15, 0.2) is 0 Å². The van der Waals surface area contributed by atoms with Crippen LogP contribution in [0.5, 0.6) is 0 Å². The zero-order valence-electron chi connectivity index (χ0n) is 16.9. The molecule has 0 nitrogen and oxygen atoms in total. The van der Waals surface area contributed by atoms with E-state index in [-0.39, 0.29) is 0 Å². The highest BCUT2D eigenvalue weighted by Gasteiger charge is 2.61. The smallest absolute Gasteiger partial charge is 0.0259 e. The van der Waals surface area contributed by atoms with E-state index in [2.05, 4.69) is 41.5 Å². The molecule has 3 aliphatic carbocycles. The van der Waals surface area contributed by atoms with Crippen LogP contribution in [-0.2, 0) is 0 Å². The van der Waals surface area contributed by atoms with Gasteiger partial charge in [-0.25, -0.2) is 0 Å². The van der Waals surface area contributed by atoms with E-state index in [0.29, 0.717) is 16.2 Å². The average Bonchev–Trinajstić information content (AvgIpc) is 2.45. The molecule has 0 radical (unpaired) electrons. The van der Waals surface area contributed by atoms with Crippen molar-refractivity contribution in [2.75, 3.05) is 0 Å². The van der Waals surface area contributed by atoms with Crippen molar-refractivity contribution in [1.29, 1.82) is 0 Å². The molecule has 3 rings (SSSR count). The number of hydrogen-bond donors (Lipinski definition) is 0. The summed E-state index contributed by atoms with van der Waals surface area (Å²) in [6.07, 6.45) is 14.8. The van der Waals surface area contributed by atoms with Crippen LogP contribution in [0, 0.1) is 39.9 Å². The minimum absolute atomic E-state index is 0.580. The zero-order chi connectivity index (χ0) is 16.9. The van der Waals surface area contributed by atoms with E-state index in [4.69, 9.17) is 0 Å². The Morgan fingerprint density at radius 3 is 2.26 bits per heavy atom. The SMILES string of the molecule is CCCC[C@@H]1[C@@H](C)CCC2[C@@]3(C)CCCC(C)(C)C3CC[C@]21C. The second-order valence-electron chi connectivity index (χ2n) is 10.8. The minimum Gasteiger partial charge on any atom is -0.0654 e. The fraction of sp³-hybridized carbons (Fsp3) is 1.00. The molecular weight excluding hydrogens is 276 g/mol. The zero-order valence-corrected chi connectivity index (χ0v) is 16.9. The average molecular weight is 319 g/mol. The maximum atomic E-state index is 2.72. The summed E-state index contributed by atoms with van der Waals surface area (Å²) < 4.78 is 0. The summed E-state index contributed by atoms with van der Waals surface area (Å²) in [5.74, 6) is 3.91. The Morgan fingerprint density at radius 2 is 1.57 bits per heavy atom. The Hall–Kier alpha value is 0. The van der Waals surface area contributed by atoms with Crippen molar-refractivity contribution in [3.63, 3.8) is 0 Å². The molecule has 23 heavy (non-hydrogen) atoms. The van der Waals surface area contributed by atoms with Crippen molar-refractivity contribution >= 4 is 0 Å². The molecule has 0 heteroatoms. The molecule has 0 N–H and O–H groups in total. The molecule has 0 aromatic rings. The quantitative estimate of drug-likeness (QED) is 0.506. The summed E-state index contributed by atoms with van der Waals surface area (Å²) in [4.78, 5) is 0. The van der Waals surface area contributed by atoms with Gasteiger partial charge in [-0.2, -0.15) is 0 Å². The largest absolute Gasteiger partial charge is 0.0654 e. The number of hydrogen-bond acceptors (Lipinski definition) is 0. The lowest BCUT2D eigenvalue weighted by atomic mass is 9.38. The Balaban J connectivity index is 1.92. The first-order valence-electron chi connectivity index (χ1n) is 10.8. The van der Waals surface area contributed by atoms with Crippen LogP contribution in [0.1, 0.15) is 106 Å². The molecule has 2 unspecified atom stereocenters. The Morgan fingerprint density at radius 1 is 0.826 bits per heavy atom. The standard InChI is InChI=1S/C23H42/c1-7-8-10-18-17(2)11-12-20-22(18,5)16-13-19-21(3,4)14-9-15-23(19,20)6/h17-20H,7-16H2,1-6H3/t17-,18+,19?,20?,22-,23-/m0/s1. The number of rotatable bonds is 3. The Kier molecular flexibility index (Phi) is 4.70. The summed E-state index contributed by atoms with van der Waals surface area (Å²) in [7, 11) is 0. The summed E-state index contributed by atoms with van der Waals surface area (Å²) >= 11 is 0. The molecule has 0 heterocycles. The van der Waals surface area contributed by atoms with E-state index in [1.54, 1.807) is 0 Å². The van der Waals surface area contributed by atoms with Crippen LogP contribution in [-0.4, -0.2) is 0 Å². The molecule has 6 atom stereocenters. The van der Waals surface area contributed by atoms with Crippen molar-refractivity contribution in [1.82, 2.24) is 0 Å². The molecule has 3 fully saturated rings. The molecule has 0 bridgehead atoms. The van der Waals surface area contributed by atoms with Gasteiger partial charge in [0.2, 0.25) is 0 Å². The van der Waals surface area contributed by atoms with Gasteiger partial charge in [-0.3, -0.25) is 0 Å². The summed E-state index contributed by atoms with van der Waals surface area (Å²) in [6, 6.07) is 0. The fourth-order valence-corrected chi connectivity index (χ4v) is 8.11. The van der Waals surface area contributed by atoms with Gasteiger partial charge in [-0.1, -0.05) is 67.2 Å². The predicted octanol–water partition coefficient (Wildman–Crippen LogP) is 7.47. The first-order valence-corrected chi connectivity index (χ1v) is 10.8. The van der Waals surface area contributed by atoms with Gasteiger partial charge in [0.1, 0.15) is 0 Å². The van der Waals surface area contributed by atoms with Crippen molar-refractivity contribution in [3.8, 4) is 0 Å². The molecule has 134 valence electrons. The van der Waals surface area contributed by atoms with Gasteiger partial charge in [0.05, 0.1) is 0 Å². The third-order valence-electron chi connectivity index (χ3n) is 9.15. The molecule has 0 aliphatic heterocycles. The van der Waals surface area contributed by atoms with Crippen LogP contribution in [0.25, 0.3) is 0 Å². The van der Waals surface area contributed by atoms with Crippen LogP contribution in [0.2, 0.25) is 0 Å². The highest BCUT2D eigenvalue weighted by molar-refractivity contribution is 5.10. The summed E-state index contributed by atoms with van der Waals surface area (Å²) in [6.45, 7) is 15.5. The molecule has 0 aromatic carbocycles. The van der Waals surface area contributed by atoms with Crippen LogP contribution in [0.4, 0.5) is 0 Å². The monoisotopic (exact) mass is 318 g/mol. The van der Waals surface area contributed by atoms with Gasteiger partial charge in [-0.15, -0.1) is 0 Å². The van der Waals surface area contributed by atoms with Gasteiger partial charge >= 0.3 is 0 Å². The third kappa shape index (κ3) is 2.71. The van der Waals surface area contributed by atoms with E-state index in [1.807, 2.05) is 0 Å². The fourth-order valence-electron chi connectivity index (χ4n) is 8.11. The van der Waals surface area contributed by atoms with E-state index in [9.17, 15) is 0 Å². The molecule has 3 saturated carbocycles. The van der Waals surface area contributed by atoms with Crippen molar-refractivity contribution in [3.05, 3.63) is 0 Å². The second kappa shape index (κ2) is 6.06. The van der Waals surface area contributed by atoms with Crippen LogP contribution < -0.4 is 0 Å². The van der Waals surface area contributed by atoms with E-state index in [1.165, 1.54) is 64.2 Å². The normalized spacial score (nSPS) is 49.3. The minimum atomic E-state index is 0.580. The van der Waals surface area contributed by atoms with Crippen molar-refractivity contribution in [2.24, 2.45) is 39.9 Å². The lowest BCUT2D eigenvalue weighted by Gasteiger charge is -2.66. The number of fused-ring (bicyclic) bond motifs is 3. The first-order chi connectivity index (χ1) is 10.8. The van der Waals surface area contributed by atoms with Crippen LogP contribution >= 0.6 is 0 Å². The molecule has 0 saturated heterocycles. The van der Waals surface area contributed by atoms with Crippen LogP contribution in [0.3, 0.4) is 0 Å². The van der Waals surface area contributed by atoms with Gasteiger partial charge in [0, 0.05) is 0 Å². The predicted molar refractivity (Wildman–Crippen MR) is 101 cm³/mol. The van der Waals surface area contributed by atoms with E-state index < -0.39 is 0 Å². The summed E-state index contributed by atoms with van der Waals surface area (Å²) in [5.41, 5.74) is 1.83. The maximum Gasteiger partial charge on any atom is -0.0259 e. The lowest BCUT2D eigenvalue weighted by molar-refractivity contribution is -0.174. The molecular formula is C23H42. The maximum absolute atomic E-state index is 2.72. The second-order valence-corrected chi connectivity index (χ2v) is 10.8. The van der Waals surface area contributed by atoms with Crippen molar-refractivity contribution in [2.45, 2.75) is 106 Å².